The van der Waals surface area contributed by atoms with Crippen LogP contribution in [0.1, 0.15) is 53.1 Å². The summed E-state index contributed by atoms with van der Waals surface area (Å²) in [7, 11) is -1.61. The summed E-state index contributed by atoms with van der Waals surface area (Å²) in [5, 5.41) is -0.302. The smallest absolute Gasteiger partial charge is 0.158 e. The Kier molecular flexibility index (Phi) is 5.50. The van der Waals surface area contributed by atoms with Crippen LogP contribution in [0, 0.1) is 5.41 Å². The molecule has 0 aliphatic heterocycles. The second-order valence-corrected chi connectivity index (χ2v) is 10.6. The summed E-state index contributed by atoms with van der Waals surface area (Å²) in [4.78, 5) is 0. The fraction of sp³-hybridized carbons (Fsp3) is 0.429. The van der Waals surface area contributed by atoms with Gasteiger partial charge in [-0.1, -0.05) is 69.3 Å². The Labute approximate surface area is 147 Å². The van der Waals surface area contributed by atoms with Crippen LogP contribution in [0.5, 0.6) is 0 Å². The Balaban J connectivity index is 2.64. The minimum atomic E-state index is -1.61. The quantitative estimate of drug-likeness (QED) is 0.568. The molecule has 3 heteroatoms. The van der Waals surface area contributed by atoms with Gasteiger partial charge < -0.3 is 0 Å². The zero-order valence-electron chi connectivity index (χ0n) is 15.7. The fourth-order valence-electron chi connectivity index (χ4n) is 2.91. The van der Waals surface area contributed by atoms with Crippen molar-refractivity contribution in [3.8, 4) is 0 Å². The maximum atomic E-state index is 13.5. The van der Waals surface area contributed by atoms with Crippen molar-refractivity contribution in [3.05, 3.63) is 66.2 Å². The molecule has 2 nitrogen and oxygen atoms in total. The van der Waals surface area contributed by atoms with E-state index < -0.39 is 7.95 Å². The predicted molar refractivity (Wildman–Crippen MR) is 105 cm³/mol. The first kappa shape index (κ1) is 18.7. The van der Waals surface area contributed by atoms with E-state index in [0.29, 0.717) is 0 Å². The predicted octanol–water partition coefficient (Wildman–Crippen LogP) is 6.82. The Bertz CT molecular complexity index is 668. The Hall–Kier alpha value is -1.66. The lowest BCUT2D eigenvalue weighted by Gasteiger charge is -2.36. The Morgan fingerprint density at radius 2 is 1.25 bits per heavy atom. The fourth-order valence-corrected chi connectivity index (χ4v) is 4.59. The number of anilines is 1. The Morgan fingerprint density at radius 3 is 1.67 bits per heavy atom. The highest BCUT2D eigenvalue weighted by Crippen LogP contribution is 2.53. The monoisotopic (exact) mass is 342 g/mol. The average Bonchev–Trinajstić information content (AvgIpc) is 2.51. The van der Waals surface area contributed by atoms with Crippen molar-refractivity contribution in [1.82, 2.24) is 0 Å². The average molecular weight is 342 g/mol. The lowest BCUT2D eigenvalue weighted by molar-refractivity contribution is 0.328. The van der Waals surface area contributed by atoms with Gasteiger partial charge in [0, 0.05) is 0 Å². The maximum absolute atomic E-state index is 13.5. The van der Waals surface area contributed by atoms with Gasteiger partial charge in [0.15, 0.2) is 5.16 Å². The second kappa shape index (κ2) is 7.07. The molecule has 2 unspecified atom stereocenters. The van der Waals surface area contributed by atoms with Crippen LogP contribution < -0.4 is 4.67 Å². The number of rotatable bonds is 4. The van der Waals surface area contributed by atoms with Crippen LogP contribution in [0.4, 0.5) is 5.69 Å². The third-order valence-corrected chi connectivity index (χ3v) is 5.97. The highest BCUT2D eigenvalue weighted by atomic mass is 31.1. The van der Waals surface area contributed by atoms with Gasteiger partial charge in [0.1, 0.15) is 6.04 Å². The van der Waals surface area contributed by atoms with Crippen molar-refractivity contribution in [2.45, 2.75) is 52.7 Å². The van der Waals surface area contributed by atoms with E-state index in [1.165, 1.54) is 5.56 Å². The third-order valence-electron chi connectivity index (χ3n) is 3.97. The standard InChI is InChI=1S/C21H29NOP/c1-20(2,3)19(17-13-9-7-10-14-17)22(24(23)21(4,5)6)18-15-11-8-12-16-18/h7-16,19H,1-6H3/q+1. The second-order valence-electron chi connectivity index (χ2n) is 8.30. The van der Waals surface area contributed by atoms with Gasteiger partial charge in [0.25, 0.3) is 0 Å². The lowest BCUT2D eigenvalue weighted by Crippen LogP contribution is -2.35. The van der Waals surface area contributed by atoms with E-state index in [1.807, 2.05) is 45.0 Å². The summed E-state index contributed by atoms with van der Waals surface area (Å²) in [6.45, 7) is 12.8. The van der Waals surface area contributed by atoms with E-state index in [2.05, 4.69) is 61.8 Å². The van der Waals surface area contributed by atoms with Gasteiger partial charge in [-0.2, -0.15) is 4.67 Å². The molecule has 0 aliphatic carbocycles. The first-order valence-corrected chi connectivity index (χ1v) is 9.70. The Morgan fingerprint density at radius 1 is 0.792 bits per heavy atom. The molecule has 0 saturated carbocycles. The summed E-state index contributed by atoms with van der Waals surface area (Å²) in [6.07, 6.45) is 0. The normalized spacial score (nSPS) is 14.2. The molecule has 0 bridgehead atoms. The van der Waals surface area contributed by atoms with Crippen molar-refractivity contribution in [2.75, 3.05) is 4.67 Å². The topological polar surface area (TPSA) is 20.3 Å². The van der Waals surface area contributed by atoms with Gasteiger partial charge in [0.05, 0.1) is 5.69 Å². The van der Waals surface area contributed by atoms with Crippen LogP contribution >= 0.6 is 7.95 Å². The van der Waals surface area contributed by atoms with E-state index in [1.54, 1.807) is 0 Å². The molecule has 0 aliphatic rings. The molecule has 0 fully saturated rings. The van der Waals surface area contributed by atoms with Gasteiger partial charge in [-0.3, -0.25) is 0 Å². The van der Waals surface area contributed by atoms with Crippen LogP contribution in [0.15, 0.2) is 60.7 Å². The molecule has 2 aromatic rings. The number of para-hydroxylation sites is 1. The molecule has 2 atom stereocenters. The summed E-state index contributed by atoms with van der Waals surface area (Å²) in [5.41, 5.74) is 2.15. The van der Waals surface area contributed by atoms with Crippen molar-refractivity contribution in [1.29, 1.82) is 0 Å². The summed E-state index contributed by atoms with van der Waals surface area (Å²) in [5.74, 6) is 0. The molecule has 2 aromatic carbocycles. The molecular formula is C21H29NOP+. The number of hydrogen-bond acceptors (Lipinski definition) is 1. The summed E-state index contributed by atoms with van der Waals surface area (Å²) < 4.78 is 15.6. The van der Waals surface area contributed by atoms with Crippen molar-refractivity contribution < 1.29 is 4.57 Å². The summed E-state index contributed by atoms with van der Waals surface area (Å²) >= 11 is 0. The van der Waals surface area contributed by atoms with Crippen molar-refractivity contribution in [3.63, 3.8) is 0 Å². The van der Waals surface area contributed by atoms with Crippen LogP contribution in [0.3, 0.4) is 0 Å². The molecule has 2 rings (SSSR count). The zero-order chi connectivity index (χ0) is 18.0. The molecule has 0 radical (unpaired) electrons. The number of hydrogen-bond donors (Lipinski definition) is 0. The molecule has 0 spiro atoms. The third kappa shape index (κ3) is 4.24. The first-order valence-electron chi connectivity index (χ1n) is 8.49. The molecule has 24 heavy (non-hydrogen) atoms. The highest BCUT2D eigenvalue weighted by Gasteiger charge is 2.48. The molecule has 0 aromatic heterocycles. The van der Waals surface area contributed by atoms with Crippen LogP contribution in [0.25, 0.3) is 0 Å². The molecule has 0 amide bonds. The lowest BCUT2D eigenvalue weighted by atomic mass is 9.82. The van der Waals surface area contributed by atoms with E-state index in [0.717, 1.165) is 5.69 Å². The van der Waals surface area contributed by atoms with E-state index >= 15 is 0 Å². The van der Waals surface area contributed by atoms with Gasteiger partial charge in [-0.25, -0.2) is 0 Å². The van der Waals surface area contributed by atoms with Crippen LogP contribution in [-0.2, 0) is 4.57 Å². The molecule has 0 N–H and O–H groups in total. The first-order chi connectivity index (χ1) is 11.1. The van der Waals surface area contributed by atoms with E-state index in [9.17, 15) is 4.57 Å². The minimum Gasteiger partial charge on any atom is -0.158 e. The van der Waals surface area contributed by atoms with Crippen LogP contribution in [0.2, 0.25) is 0 Å². The van der Waals surface area contributed by atoms with Crippen molar-refractivity contribution >= 4 is 13.6 Å². The molecule has 0 heterocycles. The van der Waals surface area contributed by atoms with Gasteiger partial charge in [0.2, 0.25) is 0 Å². The summed E-state index contributed by atoms with van der Waals surface area (Å²) in [6, 6.07) is 20.6. The number of nitrogens with zero attached hydrogens (tertiary/aromatic N) is 1. The van der Waals surface area contributed by atoms with Crippen molar-refractivity contribution in [2.24, 2.45) is 5.41 Å². The van der Waals surface area contributed by atoms with E-state index in [4.69, 9.17) is 0 Å². The SMILES string of the molecule is CC(C)(C)C(c1ccccc1)N(c1ccccc1)[P+](=O)C(C)(C)C. The van der Waals surface area contributed by atoms with Gasteiger partial charge >= 0.3 is 7.95 Å². The zero-order valence-corrected chi connectivity index (χ0v) is 16.5. The molecule has 0 saturated heterocycles. The molecule has 128 valence electrons. The van der Waals surface area contributed by atoms with E-state index in [-0.39, 0.29) is 16.6 Å². The number of benzene rings is 2. The van der Waals surface area contributed by atoms with Crippen LogP contribution in [-0.4, -0.2) is 5.16 Å². The molecular weight excluding hydrogens is 313 g/mol. The van der Waals surface area contributed by atoms with Gasteiger partial charge in [-0.15, -0.1) is 0 Å². The maximum Gasteiger partial charge on any atom is 0.468 e. The largest absolute Gasteiger partial charge is 0.468 e. The highest BCUT2D eigenvalue weighted by molar-refractivity contribution is 7.48. The minimum absolute atomic E-state index is 0.0314. The van der Waals surface area contributed by atoms with Gasteiger partial charge in [-0.05, 0) is 48.4 Å².